The lowest BCUT2D eigenvalue weighted by atomic mass is 10.0. The molecule has 1 aliphatic rings. The summed E-state index contributed by atoms with van der Waals surface area (Å²) in [6.07, 6.45) is -0.893. The third kappa shape index (κ3) is 2.98. The van der Waals surface area contributed by atoms with Crippen LogP contribution in [0.1, 0.15) is 23.7 Å². The van der Waals surface area contributed by atoms with Crippen LogP contribution in [0.2, 0.25) is 0 Å². The number of halogens is 1. The first-order chi connectivity index (χ1) is 9.38. The quantitative estimate of drug-likeness (QED) is 0.643. The molecular formula is C13H12BrNO5. The maximum atomic E-state index is 12.0. The molecule has 0 spiro atoms. The van der Waals surface area contributed by atoms with E-state index in [0.29, 0.717) is 17.0 Å². The normalized spacial score (nSPS) is 18.5. The Balaban J connectivity index is 2.23. The predicted octanol–water partition coefficient (Wildman–Crippen LogP) is 1.83. The highest BCUT2D eigenvalue weighted by atomic mass is 79.9. The van der Waals surface area contributed by atoms with Gasteiger partial charge in [0.2, 0.25) is 0 Å². The standard InChI is InChI=1S/C13H12BrNO5/c1-6-13(19)15-9-4-7(2-3-10(9)20-6)12(18)8(14)5-11(16)17/h2-4,6,8H,5H2,1H3,(H,15,19)(H,16,17). The van der Waals surface area contributed by atoms with Crippen LogP contribution >= 0.6 is 15.9 Å². The highest BCUT2D eigenvalue weighted by Gasteiger charge is 2.26. The van der Waals surface area contributed by atoms with Gasteiger partial charge in [0.15, 0.2) is 11.9 Å². The van der Waals surface area contributed by atoms with Gasteiger partial charge in [0.05, 0.1) is 16.9 Å². The number of alkyl halides is 1. The molecule has 0 saturated heterocycles. The zero-order chi connectivity index (χ0) is 14.9. The molecule has 106 valence electrons. The van der Waals surface area contributed by atoms with E-state index in [0.717, 1.165) is 0 Å². The van der Waals surface area contributed by atoms with E-state index >= 15 is 0 Å². The number of carbonyl (C=O) groups is 3. The topological polar surface area (TPSA) is 92.7 Å². The van der Waals surface area contributed by atoms with Crippen molar-refractivity contribution in [3.63, 3.8) is 0 Å². The van der Waals surface area contributed by atoms with Gasteiger partial charge in [-0.3, -0.25) is 14.4 Å². The SMILES string of the molecule is CC1Oc2ccc(C(=O)C(Br)CC(=O)O)cc2NC1=O. The molecule has 0 bridgehead atoms. The molecule has 0 saturated carbocycles. The molecule has 0 aromatic heterocycles. The molecule has 1 aliphatic heterocycles. The summed E-state index contributed by atoms with van der Waals surface area (Å²) in [5.74, 6) is -1.23. The van der Waals surface area contributed by atoms with Crippen molar-refractivity contribution in [1.82, 2.24) is 0 Å². The third-order valence-electron chi connectivity index (χ3n) is 2.83. The number of nitrogens with one attached hydrogen (secondary N) is 1. The van der Waals surface area contributed by atoms with E-state index < -0.39 is 16.9 Å². The molecule has 1 aromatic carbocycles. The molecule has 0 aliphatic carbocycles. The van der Waals surface area contributed by atoms with Gasteiger partial charge in [-0.15, -0.1) is 0 Å². The minimum Gasteiger partial charge on any atom is -0.481 e. The minimum atomic E-state index is -1.07. The number of benzene rings is 1. The molecule has 2 N–H and O–H groups in total. The van der Waals surface area contributed by atoms with E-state index in [4.69, 9.17) is 9.84 Å². The lowest BCUT2D eigenvalue weighted by Gasteiger charge is -2.23. The summed E-state index contributed by atoms with van der Waals surface area (Å²) in [6.45, 7) is 1.62. The van der Waals surface area contributed by atoms with Crippen molar-refractivity contribution >= 4 is 39.3 Å². The summed E-state index contributed by atoms with van der Waals surface area (Å²) in [5.41, 5.74) is 0.722. The molecule has 1 aromatic rings. The van der Waals surface area contributed by atoms with Crippen LogP contribution in [0.15, 0.2) is 18.2 Å². The molecule has 7 heteroatoms. The number of fused-ring (bicyclic) bond motifs is 1. The lowest BCUT2D eigenvalue weighted by molar-refractivity contribution is -0.136. The third-order valence-corrected chi connectivity index (χ3v) is 3.57. The number of hydrogen-bond acceptors (Lipinski definition) is 4. The van der Waals surface area contributed by atoms with Gasteiger partial charge >= 0.3 is 5.97 Å². The second-order valence-corrected chi connectivity index (χ2v) is 5.50. The molecule has 2 rings (SSSR count). The van der Waals surface area contributed by atoms with Crippen LogP contribution in [0.3, 0.4) is 0 Å². The van der Waals surface area contributed by atoms with Gasteiger partial charge in [-0.25, -0.2) is 0 Å². The fourth-order valence-corrected chi connectivity index (χ4v) is 2.33. The molecular weight excluding hydrogens is 330 g/mol. The van der Waals surface area contributed by atoms with E-state index in [-0.39, 0.29) is 18.1 Å². The molecule has 0 radical (unpaired) electrons. The van der Waals surface area contributed by atoms with Crippen LogP contribution in [-0.4, -0.2) is 33.7 Å². The molecule has 0 fully saturated rings. The van der Waals surface area contributed by atoms with Crippen LogP contribution in [0.25, 0.3) is 0 Å². The number of carboxylic acids is 1. The van der Waals surface area contributed by atoms with Crippen molar-refractivity contribution in [3.05, 3.63) is 23.8 Å². The number of Topliss-reactive ketones (excluding diaryl/α,β-unsaturated/α-hetero) is 1. The zero-order valence-electron chi connectivity index (χ0n) is 10.6. The van der Waals surface area contributed by atoms with Crippen molar-refractivity contribution in [2.45, 2.75) is 24.3 Å². The summed E-state index contributed by atoms with van der Waals surface area (Å²) in [7, 11) is 0. The van der Waals surface area contributed by atoms with Crippen LogP contribution in [0.4, 0.5) is 5.69 Å². The number of rotatable bonds is 4. The van der Waals surface area contributed by atoms with Crippen molar-refractivity contribution < 1.29 is 24.2 Å². The fraction of sp³-hybridized carbons (Fsp3) is 0.308. The van der Waals surface area contributed by atoms with Gasteiger partial charge in [0.1, 0.15) is 5.75 Å². The van der Waals surface area contributed by atoms with Gasteiger partial charge in [0.25, 0.3) is 5.91 Å². The maximum absolute atomic E-state index is 12.0. The first kappa shape index (κ1) is 14.5. The van der Waals surface area contributed by atoms with Gasteiger partial charge in [-0.1, -0.05) is 15.9 Å². The van der Waals surface area contributed by atoms with E-state index in [1.54, 1.807) is 19.1 Å². The smallest absolute Gasteiger partial charge is 0.304 e. The van der Waals surface area contributed by atoms with E-state index in [2.05, 4.69) is 21.2 Å². The Morgan fingerprint density at radius 1 is 1.50 bits per heavy atom. The number of amides is 1. The maximum Gasteiger partial charge on any atom is 0.304 e. The highest BCUT2D eigenvalue weighted by Crippen LogP contribution is 2.31. The van der Waals surface area contributed by atoms with Crippen LogP contribution < -0.4 is 10.1 Å². The van der Waals surface area contributed by atoms with Crippen molar-refractivity contribution in [2.24, 2.45) is 0 Å². The number of carbonyl (C=O) groups excluding carboxylic acids is 2. The summed E-state index contributed by atoms with van der Waals surface area (Å²) in [5, 5.41) is 11.3. The summed E-state index contributed by atoms with van der Waals surface area (Å²) in [6, 6.07) is 4.61. The van der Waals surface area contributed by atoms with Crippen molar-refractivity contribution in [3.8, 4) is 5.75 Å². The predicted molar refractivity (Wildman–Crippen MR) is 74.5 cm³/mol. The van der Waals surface area contributed by atoms with Crippen LogP contribution in [0, 0.1) is 0 Å². The monoisotopic (exact) mass is 341 g/mol. The molecule has 6 nitrogen and oxygen atoms in total. The van der Waals surface area contributed by atoms with Crippen molar-refractivity contribution in [1.29, 1.82) is 0 Å². The average Bonchev–Trinajstić information content (AvgIpc) is 2.38. The highest BCUT2D eigenvalue weighted by molar-refractivity contribution is 9.10. The Hall–Kier alpha value is -1.89. The number of carboxylic acid groups (broad SMARTS) is 1. The average molecular weight is 342 g/mol. The van der Waals surface area contributed by atoms with Crippen molar-refractivity contribution in [2.75, 3.05) is 5.32 Å². The van der Waals surface area contributed by atoms with Crippen LogP contribution in [0.5, 0.6) is 5.75 Å². The van der Waals surface area contributed by atoms with E-state index in [1.165, 1.54) is 6.07 Å². The first-order valence-electron chi connectivity index (χ1n) is 5.90. The van der Waals surface area contributed by atoms with Crippen LogP contribution in [-0.2, 0) is 9.59 Å². The summed E-state index contributed by atoms with van der Waals surface area (Å²) < 4.78 is 5.37. The number of aliphatic carboxylic acids is 1. The van der Waals surface area contributed by atoms with Gasteiger partial charge in [-0.05, 0) is 25.1 Å². The largest absolute Gasteiger partial charge is 0.481 e. The lowest BCUT2D eigenvalue weighted by Crippen LogP contribution is -2.34. The van der Waals surface area contributed by atoms with Gasteiger partial charge in [0, 0.05) is 5.56 Å². The second-order valence-electron chi connectivity index (χ2n) is 4.39. The Kier molecular flexibility index (Phi) is 4.08. The molecule has 1 heterocycles. The number of ether oxygens (including phenoxy) is 1. The summed E-state index contributed by atoms with van der Waals surface area (Å²) >= 11 is 3.05. The van der Waals surface area contributed by atoms with Gasteiger partial charge < -0.3 is 15.2 Å². The Morgan fingerprint density at radius 2 is 2.20 bits per heavy atom. The Labute approximate surface area is 123 Å². The van der Waals surface area contributed by atoms with E-state index in [9.17, 15) is 14.4 Å². The van der Waals surface area contributed by atoms with E-state index in [1.807, 2.05) is 0 Å². The molecule has 1 amide bonds. The minimum absolute atomic E-state index is 0.289. The number of hydrogen-bond donors (Lipinski definition) is 2. The molecule has 20 heavy (non-hydrogen) atoms. The van der Waals surface area contributed by atoms with Gasteiger partial charge in [-0.2, -0.15) is 0 Å². The first-order valence-corrected chi connectivity index (χ1v) is 6.81. The fourth-order valence-electron chi connectivity index (χ4n) is 1.79. The summed E-state index contributed by atoms with van der Waals surface area (Å²) in [4.78, 5) is 33.3. The molecule has 2 unspecified atom stereocenters. The number of anilines is 1. The Morgan fingerprint density at radius 3 is 2.85 bits per heavy atom. The zero-order valence-corrected chi connectivity index (χ0v) is 12.1. The second kappa shape index (κ2) is 5.62. The number of ketones is 1. The Bertz CT molecular complexity index is 586. The molecule has 2 atom stereocenters.